The van der Waals surface area contributed by atoms with Gasteiger partial charge in [-0.15, -0.1) is 0 Å². The topological polar surface area (TPSA) is 30.9 Å². The van der Waals surface area contributed by atoms with Crippen molar-refractivity contribution in [2.24, 2.45) is 4.99 Å². The molecule has 1 aromatic rings. The first-order valence-electron chi connectivity index (χ1n) is 7.02. The monoisotopic (exact) mass is 260 g/mol. The zero-order chi connectivity index (χ0) is 13.7. The molecule has 0 saturated heterocycles. The van der Waals surface area contributed by atoms with Gasteiger partial charge in [-0.25, -0.2) is 0 Å². The Morgan fingerprint density at radius 1 is 1.37 bits per heavy atom. The average Bonchev–Trinajstić information content (AvgIpc) is 2.82. The molecular formula is C15H24N4. The number of hydrogen-bond donors (Lipinski definition) is 1. The van der Waals surface area contributed by atoms with Crippen LogP contribution in [0.3, 0.4) is 0 Å². The number of nitrogens with zero attached hydrogens (tertiary/aromatic N) is 3. The Bertz CT molecular complexity index is 442. The molecule has 1 aliphatic rings. The smallest absolute Gasteiger partial charge is 0.193 e. The molecule has 0 atom stereocenters. The molecule has 0 amide bonds. The Labute approximate surface area is 116 Å². The second kappa shape index (κ2) is 6.45. The minimum Gasteiger partial charge on any atom is -0.370 e. The largest absolute Gasteiger partial charge is 0.370 e. The van der Waals surface area contributed by atoms with Crippen LogP contribution in [-0.2, 0) is 0 Å². The summed E-state index contributed by atoms with van der Waals surface area (Å²) >= 11 is 0. The summed E-state index contributed by atoms with van der Waals surface area (Å²) in [4.78, 5) is 9.01. The molecule has 0 spiro atoms. The van der Waals surface area contributed by atoms with E-state index in [0.717, 1.165) is 38.7 Å². The number of aliphatic imine (C=N–C) groups is 1. The molecule has 1 aliphatic heterocycles. The summed E-state index contributed by atoms with van der Waals surface area (Å²) in [6.45, 7) is 9.24. The van der Waals surface area contributed by atoms with Crippen LogP contribution in [0.5, 0.6) is 0 Å². The molecule has 1 heterocycles. The first kappa shape index (κ1) is 13.7. The second-order valence-electron chi connectivity index (χ2n) is 4.92. The zero-order valence-electron chi connectivity index (χ0n) is 12.2. The third kappa shape index (κ3) is 3.40. The van der Waals surface area contributed by atoms with Crippen molar-refractivity contribution in [3.63, 3.8) is 0 Å². The SMILES string of the molecule is CCN(CCNC1=NCCN1C)c1ccccc1C. The normalized spacial score (nSPS) is 14.5. The van der Waals surface area contributed by atoms with Crippen molar-refractivity contribution >= 4 is 11.6 Å². The zero-order valence-corrected chi connectivity index (χ0v) is 12.2. The molecule has 1 N–H and O–H groups in total. The molecule has 4 nitrogen and oxygen atoms in total. The third-order valence-electron chi connectivity index (χ3n) is 3.56. The van der Waals surface area contributed by atoms with Crippen LogP contribution >= 0.6 is 0 Å². The highest BCUT2D eigenvalue weighted by Gasteiger charge is 2.12. The first-order chi connectivity index (χ1) is 9.22. The molecule has 0 aliphatic carbocycles. The van der Waals surface area contributed by atoms with Crippen LogP contribution < -0.4 is 10.2 Å². The van der Waals surface area contributed by atoms with Crippen molar-refractivity contribution in [1.82, 2.24) is 10.2 Å². The molecule has 0 bridgehead atoms. The number of likely N-dealkylation sites (N-methyl/N-ethyl adjacent to an activating group) is 2. The minimum absolute atomic E-state index is 0.911. The number of guanidine groups is 1. The summed E-state index contributed by atoms with van der Waals surface area (Å²) in [6, 6.07) is 8.55. The first-order valence-corrected chi connectivity index (χ1v) is 7.02. The van der Waals surface area contributed by atoms with Gasteiger partial charge in [-0.2, -0.15) is 0 Å². The summed E-state index contributed by atoms with van der Waals surface area (Å²) in [6.07, 6.45) is 0. The van der Waals surface area contributed by atoms with Crippen LogP contribution in [0, 0.1) is 6.92 Å². The van der Waals surface area contributed by atoms with Crippen molar-refractivity contribution < 1.29 is 0 Å². The van der Waals surface area contributed by atoms with Crippen molar-refractivity contribution in [1.29, 1.82) is 0 Å². The van der Waals surface area contributed by atoms with Gasteiger partial charge >= 0.3 is 0 Å². The minimum atomic E-state index is 0.911. The fourth-order valence-corrected chi connectivity index (χ4v) is 2.39. The van der Waals surface area contributed by atoms with Gasteiger partial charge in [0, 0.05) is 38.9 Å². The van der Waals surface area contributed by atoms with Gasteiger partial charge in [-0.1, -0.05) is 18.2 Å². The van der Waals surface area contributed by atoms with E-state index in [2.05, 4.69) is 65.3 Å². The number of nitrogens with one attached hydrogen (secondary N) is 1. The van der Waals surface area contributed by atoms with E-state index < -0.39 is 0 Å². The predicted molar refractivity (Wildman–Crippen MR) is 82.0 cm³/mol. The van der Waals surface area contributed by atoms with Crippen LogP contribution in [-0.4, -0.2) is 50.6 Å². The van der Waals surface area contributed by atoms with Gasteiger partial charge in [0.2, 0.25) is 0 Å². The summed E-state index contributed by atoms with van der Waals surface area (Å²) in [5.74, 6) is 1.03. The Balaban J connectivity index is 1.88. The van der Waals surface area contributed by atoms with Gasteiger partial charge in [0.25, 0.3) is 0 Å². The van der Waals surface area contributed by atoms with Gasteiger partial charge < -0.3 is 15.1 Å². The fraction of sp³-hybridized carbons (Fsp3) is 0.533. The van der Waals surface area contributed by atoms with Crippen LogP contribution in [0.15, 0.2) is 29.3 Å². The van der Waals surface area contributed by atoms with E-state index in [-0.39, 0.29) is 0 Å². The van der Waals surface area contributed by atoms with Crippen LogP contribution in [0.1, 0.15) is 12.5 Å². The van der Waals surface area contributed by atoms with Crippen molar-refractivity contribution in [2.75, 3.05) is 44.7 Å². The Morgan fingerprint density at radius 3 is 2.79 bits per heavy atom. The van der Waals surface area contributed by atoms with E-state index in [1.54, 1.807) is 0 Å². The molecule has 0 radical (unpaired) electrons. The Kier molecular flexibility index (Phi) is 4.66. The van der Waals surface area contributed by atoms with Gasteiger partial charge in [0.15, 0.2) is 5.96 Å². The molecule has 0 aromatic heterocycles. The summed E-state index contributed by atoms with van der Waals surface area (Å²) in [5.41, 5.74) is 2.66. The van der Waals surface area contributed by atoms with Gasteiger partial charge in [0.1, 0.15) is 0 Å². The molecule has 0 saturated carbocycles. The fourth-order valence-electron chi connectivity index (χ4n) is 2.39. The average molecular weight is 260 g/mol. The second-order valence-corrected chi connectivity index (χ2v) is 4.92. The molecular weight excluding hydrogens is 236 g/mol. The standard InChI is InChI=1S/C15H24N4/c1-4-19(14-8-6-5-7-13(14)2)12-10-17-15-16-9-11-18(15)3/h5-8H,4,9-12H2,1-3H3,(H,16,17). The van der Waals surface area contributed by atoms with Crippen molar-refractivity contribution in [2.45, 2.75) is 13.8 Å². The van der Waals surface area contributed by atoms with Crippen molar-refractivity contribution in [3.05, 3.63) is 29.8 Å². The van der Waals surface area contributed by atoms with E-state index in [1.807, 2.05) is 0 Å². The highest BCUT2D eigenvalue weighted by atomic mass is 15.3. The predicted octanol–water partition coefficient (Wildman–Crippen LogP) is 1.71. The van der Waals surface area contributed by atoms with Crippen LogP contribution in [0.25, 0.3) is 0 Å². The molecule has 19 heavy (non-hydrogen) atoms. The number of benzene rings is 1. The summed E-state index contributed by atoms with van der Waals surface area (Å²) < 4.78 is 0. The van der Waals surface area contributed by atoms with E-state index in [9.17, 15) is 0 Å². The number of aryl methyl sites for hydroxylation is 1. The Morgan fingerprint density at radius 2 is 2.16 bits per heavy atom. The maximum Gasteiger partial charge on any atom is 0.193 e. The summed E-state index contributed by atoms with van der Waals surface area (Å²) in [7, 11) is 2.08. The van der Waals surface area contributed by atoms with Crippen LogP contribution in [0.2, 0.25) is 0 Å². The maximum atomic E-state index is 4.44. The number of anilines is 1. The highest BCUT2D eigenvalue weighted by molar-refractivity contribution is 5.81. The quantitative estimate of drug-likeness (QED) is 0.874. The van der Waals surface area contributed by atoms with E-state index in [4.69, 9.17) is 0 Å². The lowest BCUT2D eigenvalue weighted by Gasteiger charge is -2.25. The van der Waals surface area contributed by atoms with E-state index in [1.165, 1.54) is 11.3 Å². The lowest BCUT2D eigenvalue weighted by molar-refractivity contribution is 0.534. The molecule has 0 fully saturated rings. The molecule has 0 unspecified atom stereocenters. The Hall–Kier alpha value is -1.71. The van der Waals surface area contributed by atoms with Gasteiger partial charge in [0.05, 0.1) is 6.54 Å². The number of hydrogen-bond acceptors (Lipinski definition) is 4. The van der Waals surface area contributed by atoms with Crippen molar-refractivity contribution in [3.8, 4) is 0 Å². The molecule has 4 heteroatoms. The highest BCUT2D eigenvalue weighted by Crippen LogP contribution is 2.18. The number of para-hydroxylation sites is 1. The lowest BCUT2D eigenvalue weighted by atomic mass is 10.2. The van der Waals surface area contributed by atoms with Gasteiger partial charge in [-0.05, 0) is 25.5 Å². The lowest BCUT2D eigenvalue weighted by Crippen LogP contribution is -2.40. The third-order valence-corrected chi connectivity index (χ3v) is 3.56. The van der Waals surface area contributed by atoms with Crippen LogP contribution in [0.4, 0.5) is 5.69 Å². The molecule has 1 aromatic carbocycles. The maximum absolute atomic E-state index is 4.44. The number of rotatable bonds is 5. The molecule has 2 rings (SSSR count). The van der Waals surface area contributed by atoms with E-state index >= 15 is 0 Å². The molecule has 104 valence electrons. The van der Waals surface area contributed by atoms with E-state index in [0.29, 0.717) is 0 Å². The summed E-state index contributed by atoms with van der Waals surface area (Å²) in [5, 5.41) is 3.42. The van der Waals surface area contributed by atoms with Gasteiger partial charge in [-0.3, -0.25) is 4.99 Å².